The third kappa shape index (κ3) is 4.98. The SMILES string of the molecule is NCCCCCN(CC1CC1)CC1CC1. The minimum atomic E-state index is 0.866. The molecule has 2 saturated carbocycles. The summed E-state index contributed by atoms with van der Waals surface area (Å²) in [6, 6.07) is 0. The van der Waals surface area contributed by atoms with E-state index in [1.165, 1.54) is 64.6 Å². The molecule has 2 nitrogen and oxygen atoms in total. The van der Waals surface area contributed by atoms with Crippen molar-refractivity contribution >= 4 is 0 Å². The second-order valence-corrected chi connectivity index (χ2v) is 5.50. The first-order valence-corrected chi connectivity index (χ1v) is 6.81. The first-order valence-electron chi connectivity index (χ1n) is 6.81. The summed E-state index contributed by atoms with van der Waals surface area (Å²) in [6.07, 6.45) is 9.85. The van der Waals surface area contributed by atoms with Gasteiger partial charge in [-0.2, -0.15) is 0 Å². The predicted molar refractivity (Wildman–Crippen MR) is 64.8 cm³/mol. The van der Waals surface area contributed by atoms with Crippen LogP contribution in [0.25, 0.3) is 0 Å². The zero-order chi connectivity index (χ0) is 10.5. The molecule has 0 spiro atoms. The molecule has 2 rings (SSSR count). The Morgan fingerprint density at radius 2 is 1.47 bits per heavy atom. The summed E-state index contributed by atoms with van der Waals surface area (Å²) in [5, 5.41) is 0. The molecule has 0 aromatic heterocycles. The minimum absolute atomic E-state index is 0.866. The highest BCUT2D eigenvalue weighted by Gasteiger charge is 2.28. The van der Waals surface area contributed by atoms with E-state index in [0.29, 0.717) is 0 Å². The Balaban J connectivity index is 1.57. The van der Waals surface area contributed by atoms with E-state index >= 15 is 0 Å². The van der Waals surface area contributed by atoms with Crippen LogP contribution >= 0.6 is 0 Å². The van der Waals surface area contributed by atoms with Gasteiger partial charge in [0.1, 0.15) is 0 Å². The number of nitrogens with zero attached hydrogens (tertiary/aromatic N) is 1. The molecule has 0 aliphatic heterocycles. The smallest absolute Gasteiger partial charge is 0.000978 e. The molecule has 2 aliphatic carbocycles. The van der Waals surface area contributed by atoms with Crippen molar-refractivity contribution in [2.45, 2.75) is 44.9 Å². The van der Waals surface area contributed by atoms with Gasteiger partial charge in [0.15, 0.2) is 0 Å². The standard InChI is InChI=1S/C13H26N2/c14-8-2-1-3-9-15(10-12-4-5-12)11-13-6-7-13/h12-13H,1-11,14H2. The van der Waals surface area contributed by atoms with E-state index in [4.69, 9.17) is 5.73 Å². The molecular formula is C13H26N2. The van der Waals surface area contributed by atoms with Gasteiger partial charge >= 0.3 is 0 Å². The van der Waals surface area contributed by atoms with Crippen LogP contribution in [0.3, 0.4) is 0 Å². The van der Waals surface area contributed by atoms with Crippen LogP contribution in [0.15, 0.2) is 0 Å². The van der Waals surface area contributed by atoms with Gasteiger partial charge < -0.3 is 10.6 Å². The summed E-state index contributed by atoms with van der Waals surface area (Å²) in [5.74, 6) is 2.11. The highest BCUT2D eigenvalue weighted by atomic mass is 15.1. The van der Waals surface area contributed by atoms with Crippen LogP contribution in [0.1, 0.15) is 44.9 Å². The van der Waals surface area contributed by atoms with Crippen molar-refractivity contribution in [1.29, 1.82) is 0 Å². The van der Waals surface area contributed by atoms with Crippen LogP contribution in [0, 0.1) is 11.8 Å². The van der Waals surface area contributed by atoms with E-state index in [9.17, 15) is 0 Å². The maximum absolute atomic E-state index is 5.51. The monoisotopic (exact) mass is 210 g/mol. The topological polar surface area (TPSA) is 29.3 Å². The van der Waals surface area contributed by atoms with E-state index in [0.717, 1.165) is 18.4 Å². The quantitative estimate of drug-likeness (QED) is 0.591. The third-order valence-electron chi connectivity index (χ3n) is 3.61. The second kappa shape index (κ2) is 5.86. The van der Waals surface area contributed by atoms with Gasteiger partial charge in [0, 0.05) is 13.1 Å². The van der Waals surface area contributed by atoms with Gasteiger partial charge in [-0.3, -0.25) is 0 Å². The van der Waals surface area contributed by atoms with Crippen molar-refractivity contribution in [2.24, 2.45) is 17.6 Å². The molecular weight excluding hydrogens is 184 g/mol. The van der Waals surface area contributed by atoms with Crippen LogP contribution in [0.5, 0.6) is 0 Å². The molecule has 0 atom stereocenters. The molecule has 2 N–H and O–H groups in total. The van der Waals surface area contributed by atoms with Crippen molar-refractivity contribution in [3.05, 3.63) is 0 Å². The molecule has 0 amide bonds. The summed E-state index contributed by atoms with van der Waals surface area (Å²) in [6.45, 7) is 4.97. The van der Waals surface area contributed by atoms with E-state index in [1.807, 2.05) is 0 Å². The summed E-state index contributed by atoms with van der Waals surface area (Å²) < 4.78 is 0. The third-order valence-corrected chi connectivity index (χ3v) is 3.61. The lowest BCUT2D eigenvalue weighted by Gasteiger charge is -2.21. The molecule has 0 aromatic rings. The van der Waals surface area contributed by atoms with E-state index in [-0.39, 0.29) is 0 Å². The largest absolute Gasteiger partial charge is 0.330 e. The number of hydrogen-bond acceptors (Lipinski definition) is 2. The number of hydrogen-bond donors (Lipinski definition) is 1. The molecule has 2 aliphatic rings. The first kappa shape index (κ1) is 11.4. The van der Waals surface area contributed by atoms with Gasteiger partial charge in [-0.25, -0.2) is 0 Å². The summed E-state index contributed by atoms with van der Waals surface area (Å²) in [7, 11) is 0. The Kier molecular flexibility index (Phi) is 4.45. The first-order chi connectivity index (χ1) is 7.38. The average molecular weight is 210 g/mol. The maximum atomic E-state index is 5.51. The number of rotatable bonds is 9. The summed E-state index contributed by atoms with van der Waals surface area (Å²) in [5.41, 5.74) is 5.51. The van der Waals surface area contributed by atoms with Crippen LogP contribution in [-0.4, -0.2) is 31.1 Å². The second-order valence-electron chi connectivity index (χ2n) is 5.50. The van der Waals surface area contributed by atoms with Crippen LogP contribution in [-0.2, 0) is 0 Å². The van der Waals surface area contributed by atoms with E-state index < -0.39 is 0 Å². The van der Waals surface area contributed by atoms with Crippen LogP contribution < -0.4 is 5.73 Å². The van der Waals surface area contributed by atoms with Gasteiger partial charge in [-0.1, -0.05) is 6.42 Å². The Bertz CT molecular complexity index is 159. The Hall–Kier alpha value is -0.0800. The predicted octanol–water partition coefficient (Wildman–Crippen LogP) is 2.24. The highest BCUT2D eigenvalue weighted by molar-refractivity contribution is 4.82. The van der Waals surface area contributed by atoms with Crippen molar-refractivity contribution in [3.63, 3.8) is 0 Å². The molecule has 0 saturated heterocycles. The van der Waals surface area contributed by atoms with Crippen molar-refractivity contribution in [3.8, 4) is 0 Å². The maximum Gasteiger partial charge on any atom is 0.000978 e. The number of nitrogens with two attached hydrogens (primary N) is 1. The fourth-order valence-electron chi connectivity index (χ4n) is 2.24. The zero-order valence-corrected chi connectivity index (χ0v) is 9.96. The highest BCUT2D eigenvalue weighted by Crippen LogP contribution is 2.33. The lowest BCUT2D eigenvalue weighted by molar-refractivity contribution is 0.247. The minimum Gasteiger partial charge on any atom is -0.330 e. The normalized spacial score (nSPS) is 21.2. The Morgan fingerprint density at radius 1 is 0.867 bits per heavy atom. The van der Waals surface area contributed by atoms with E-state index in [2.05, 4.69) is 4.90 Å². The molecule has 15 heavy (non-hydrogen) atoms. The number of unbranched alkanes of at least 4 members (excludes halogenated alkanes) is 2. The van der Waals surface area contributed by atoms with E-state index in [1.54, 1.807) is 0 Å². The van der Waals surface area contributed by atoms with Crippen LogP contribution in [0.2, 0.25) is 0 Å². The molecule has 0 unspecified atom stereocenters. The molecule has 2 fully saturated rings. The molecule has 0 aromatic carbocycles. The molecule has 0 heterocycles. The zero-order valence-electron chi connectivity index (χ0n) is 9.96. The van der Waals surface area contributed by atoms with Gasteiger partial charge in [0.05, 0.1) is 0 Å². The molecule has 2 heteroatoms. The van der Waals surface area contributed by atoms with Crippen molar-refractivity contribution in [2.75, 3.05) is 26.2 Å². The Labute approximate surface area is 94.2 Å². The van der Waals surface area contributed by atoms with Gasteiger partial charge in [-0.05, 0) is 63.5 Å². The molecule has 88 valence electrons. The van der Waals surface area contributed by atoms with Crippen LogP contribution in [0.4, 0.5) is 0 Å². The summed E-state index contributed by atoms with van der Waals surface area (Å²) >= 11 is 0. The van der Waals surface area contributed by atoms with Crippen molar-refractivity contribution < 1.29 is 0 Å². The lowest BCUT2D eigenvalue weighted by Crippen LogP contribution is -2.29. The van der Waals surface area contributed by atoms with Gasteiger partial charge in [0.2, 0.25) is 0 Å². The summed E-state index contributed by atoms with van der Waals surface area (Å²) in [4.78, 5) is 2.73. The fourth-order valence-corrected chi connectivity index (χ4v) is 2.24. The van der Waals surface area contributed by atoms with Gasteiger partial charge in [0.25, 0.3) is 0 Å². The lowest BCUT2D eigenvalue weighted by atomic mass is 10.2. The van der Waals surface area contributed by atoms with Gasteiger partial charge in [-0.15, -0.1) is 0 Å². The molecule has 0 radical (unpaired) electrons. The van der Waals surface area contributed by atoms with Crippen molar-refractivity contribution in [1.82, 2.24) is 4.90 Å². The Morgan fingerprint density at radius 3 is 1.93 bits per heavy atom. The fraction of sp³-hybridized carbons (Fsp3) is 1.00. The average Bonchev–Trinajstić information content (AvgIpc) is 3.07. The molecule has 0 bridgehead atoms.